The molecule has 0 aromatic rings. The first-order valence-electron chi connectivity index (χ1n) is 5.41. The van der Waals surface area contributed by atoms with Gasteiger partial charge in [0.05, 0.1) is 12.8 Å². The lowest BCUT2D eigenvalue weighted by Gasteiger charge is -2.15. The van der Waals surface area contributed by atoms with Gasteiger partial charge in [0, 0.05) is 5.57 Å². The van der Waals surface area contributed by atoms with Crippen molar-refractivity contribution in [3.05, 3.63) is 11.1 Å². The molecule has 0 unspecified atom stereocenters. The molecule has 0 bridgehead atoms. The van der Waals surface area contributed by atoms with E-state index in [-0.39, 0.29) is 5.57 Å². The molecule has 1 atom stereocenters. The third-order valence-corrected chi connectivity index (χ3v) is 2.26. The summed E-state index contributed by atoms with van der Waals surface area (Å²) in [5.41, 5.74) is 10.4. The summed E-state index contributed by atoms with van der Waals surface area (Å²) in [5.74, 6) is -3.67. The molecule has 0 saturated carbocycles. The Morgan fingerprint density at radius 3 is 2.00 bits per heavy atom. The predicted molar refractivity (Wildman–Crippen MR) is 65.6 cm³/mol. The molecule has 0 aromatic carbocycles. The average molecular weight is 271 g/mol. The van der Waals surface area contributed by atoms with Gasteiger partial charge in [-0.1, -0.05) is 5.57 Å². The second-order valence-corrected chi connectivity index (χ2v) is 4.15. The van der Waals surface area contributed by atoms with E-state index in [0.717, 1.165) is 0 Å². The normalized spacial score (nSPS) is 11.3. The largest absolute Gasteiger partial charge is 0.481 e. The summed E-state index contributed by atoms with van der Waals surface area (Å²) < 4.78 is 0. The zero-order valence-electron chi connectivity index (χ0n) is 10.7. The van der Waals surface area contributed by atoms with Crippen LogP contribution in [0.1, 0.15) is 26.7 Å². The van der Waals surface area contributed by atoms with Gasteiger partial charge < -0.3 is 21.9 Å². The highest BCUT2D eigenvalue weighted by molar-refractivity contribution is 6.01. The van der Waals surface area contributed by atoms with Gasteiger partial charge in [0.25, 0.3) is 0 Å². The van der Waals surface area contributed by atoms with Crippen LogP contribution in [0.3, 0.4) is 0 Å². The minimum Gasteiger partial charge on any atom is -0.481 e. The molecule has 0 aliphatic heterocycles. The molecule has 0 saturated heterocycles. The van der Waals surface area contributed by atoms with E-state index in [4.69, 9.17) is 16.6 Å². The van der Waals surface area contributed by atoms with Crippen LogP contribution in [0.15, 0.2) is 11.1 Å². The highest BCUT2D eigenvalue weighted by Crippen LogP contribution is 2.09. The van der Waals surface area contributed by atoms with Gasteiger partial charge in [-0.3, -0.25) is 19.2 Å². The number of rotatable bonds is 7. The Hall–Kier alpha value is -2.38. The number of hydrogen-bond acceptors (Lipinski definition) is 4. The van der Waals surface area contributed by atoms with Crippen molar-refractivity contribution in [3.63, 3.8) is 0 Å². The first kappa shape index (κ1) is 16.6. The third-order valence-electron chi connectivity index (χ3n) is 2.26. The Morgan fingerprint density at radius 2 is 1.68 bits per heavy atom. The van der Waals surface area contributed by atoms with Crippen LogP contribution in [0.5, 0.6) is 0 Å². The van der Waals surface area contributed by atoms with Crippen LogP contribution in [0.4, 0.5) is 0 Å². The smallest absolute Gasteiger partial charge is 0.308 e. The fourth-order valence-corrected chi connectivity index (χ4v) is 1.30. The van der Waals surface area contributed by atoms with Crippen LogP contribution in [0, 0.1) is 0 Å². The lowest BCUT2D eigenvalue weighted by molar-refractivity contribution is -0.137. The van der Waals surface area contributed by atoms with Gasteiger partial charge >= 0.3 is 5.97 Å². The topological polar surface area (TPSA) is 153 Å². The van der Waals surface area contributed by atoms with Crippen molar-refractivity contribution in [1.29, 1.82) is 0 Å². The molecule has 6 N–H and O–H groups in total. The van der Waals surface area contributed by atoms with Crippen molar-refractivity contribution < 1.29 is 24.3 Å². The number of carboxylic acids is 1. The first-order valence-corrected chi connectivity index (χ1v) is 5.41. The average Bonchev–Trinajstić information content (AvgIpc) is 2.23. The number of nitrogens with two attached hydrogens (primary N) is 2. The number of carbonyl (C=O) groups excluding carboxylic acids is 3. The van der Waals surface area contributed by atoms with Gasteiger partial charge in [0.15, 0.2) is 0 Å². The molecular weight excluding hydrogens is 254 g/mol. The maximum Gasteiger partial charge on any atom is 0.308 e. The molecular formula is C11H17N3O5. The first-order chi connectivity index (χ1) is 8.65. The second kappa shape index (κ2) is 7.14. The van der Waals surface area contributed by atoms with Crippen LogP contribution in [0.25, 0.3) is 0 Å². The van der Waals surface area contributed by atoms with Crippen LogP contribution in [0.2, 0.25) is 0 Å². The minimum absolute atomic E-state index is 0.00298. The molecule has 3 amide bonds. The highest BCUT2D eigenvalue weighted by Gasteiger charge is 2.23. The van der Waals surface area contributed by atoms with E-state index in [0.29, 0.717) is 5.57 Å². The molecule has 0 aliphatic carbocycles. The molecule has 0 spiro atoms. The van der Waals surface area contributed by atoms with E-state index < -0.39 is 42.6 Å². The molecule has 0 heterocycles. The number of allylic oxidation sites excluding steroid dienone is 1. The second-order valence-electron chi connectivity index (χ2n) is 4.15. The lowest BCUT2D eigenvalue weighted by atomic mass is 10.1. The van der Waals surface area contributed by atoms with E-state index >= 15 is 0 Å². The van der Waals surface area contributed by atoms with Crippen LogP contribution >= 0.6 is 0 Å². The molecule has 8 nitrogen and oxygen atoms in total. The Balaban J connectivity index is 4.97. The number of carboxylic acid groups (broad SMARTS) is 1. The molecule has 0 rings (SSSR count). The number of primary amides is 2. The van der Waals surface area contributed by atoms with Crippen LogP contribution < -0.4 is 16.8 Å². The molecule has 106 valence electrons. The summed E-state index contributed by atoms with van der Waals surface area (Å²) in [4.78, 5) is 44.2. The summed E-state index contributed by atoms with van der Waals surface area (Å²) >= 11 is 0. The zero-order chi connectivity index (χ0) is 15.2. The highest BCUT2D eigenvalue weighted by atomic mass is 16.4. The van der Waals surface area contributed by atoms with E-state index in [1.54, 1.807) is 13.8 Å². The number of nitrogens with one attached hydrogen (secondary N) is 1. The van der Waals surface area contributed by atoms with Gasteiger partial charge in [-0.05, 0) is 13.8 Å². The van der Waals surface area contributed by atoms with E-state index in [9.17, 15) is 19.2 Å². The summed E-state index contributed by atoms with van der Waals surface area (Å²) in [6.45, 7) is 3.12. The Morgan fingerprint density at radius 1 is 1.16 bits per heavy atom. The monoisotopic (exact) mass is 271 g/mol. The van der Waals surface area contributed by atoms with Gasteiger partial charge in [-0.15, -0.1) is 0 Å². The number of carbonyl (C=O) groups is 4. The molecule has 0 aliphatic rings. The summed E-state index contributed by atoms with van der Waals surface area (Å²) in [7, 11) is 0. The van der Waals surface area contributed by atoms with Crippen molar-refractivity contribution in [3.8, 4) is 0 Å². The molecule has 8 heteroatoms. The van der Waals surface area contributed by atoms with E-state index in [1.807, 2.05) is 0 Å². The quantitative estimate of drug-likeness (QED) is 0.421. The van der Waals surface area contributed by atoms with Gasteiger partial charge in [-0.2, -0.15) is 0 Å². The van der Waals surface area contributed by atoms with E-state index in [1.165, 1.54) is 0 Å². The van der Waals surface area contributed by atoms with Crippen molar-refractivity contribution in [1.82, 2.24) is 5.32 Å². The summed E-state index contributed by atoms with van der Waals surface area (Å²) in [6, 6.07) is -1.26. The third kappa shape index (κ3) is 6.20. The van der Waals surface area contributed by atoms with Gasteiger partial charge in [0.1, 0.15) is 6.04 Å². The fourth-order valence-electron chi connectivity index (χ4n) is 1.30. The zero-order valence-corrected chi connectivity index (χ0v) is 10.7. The standard InChI is InChI=1S/C11H17N3O5/c1-5(2)6(3-9(16)17)11(19)14-7(10(13)18)4-8(12)15/h7H,3-4H2,1-2H3,(H2,12,15)(H2,13,18)(H,14,19)(H,16,17)/t7-/m0/s1. The van der Waals surface area contributed by atoms with Crippen molar-refractivity contribution >= 4 is 23.7 Å². The molecule has 0 fully saturated rings. The maximum atomic E-state index is 11.8. The van der Waals surface area contributed by atoms with Gasteiger partial charge in [-0.25, -0.2) is 0 Å². The number of amides is 3. The van der Waals surface area contributed by atoms with E-state index in [2.05, 4.69) is 5.32 Å². The summed E-state index contributed by atoms with van der Waals surface area (Å²) in [6.07, 6.45) is -0.930. The SMILES string of the molecule is CC(C)=C(CC(=O)O)C(=O)N[C@@H](CC(N)=O)C(N)=O. The molecule has 19 heavy (non-hydrogen) atoms. The van der Waals surface area contributed by atoms with Crippen LogP contribution in [-0.2, 0) is 19.2 Å². The van der Waals surface area contributed by atoms with Gasteiger partial charge in [0.2, 0.25) is 17.7 Å². The Kier molecular flexibility index (Phi) is 6.25. The van der Waals surface area contributed by atoms with Crippen molar-refractivity contribution in [2.24, 2.45) is 11.5 Å². The Labute approximate surface area is 109 Å². The predicted octanol–water partition coefficient (Wildman–Crippen LogP) is -1.36. The molecule has 0 aromatic heterocycles. The van der Waals surface area contributed by atoms with Crippen molar-refractivity contribution in [2.45, 2.75) is 32.7 Å². The van der Waals surface area contributed by atoms with Crippen molar-refractivity contribution in [2.75, 3.05) is 0 Å². The maximum absolute atomic E-state index is 11.8. The summed E-state index contributed by atoms with van der Waals surface area (Å²) in [5, 5.41) is 10.9. The fraction of sp³-hybridized carbons (Fsp3) is 0.455. The number of hydrogen-bond donors (Lipinski definition) is 4. The molecule has 0 radical (unpaired) electrons. The minimum atomic E-state index is -1.26. The Bertz CT molecular complexity index is 438. The van der Waals surface area contributed by atoms with Crippen LogP contribution in [-0.4, -0.2) is 34.8 Å². The lowest BCUT2D eigenvalue weighted by Crippen LogP contribution is -2.47. The number of aliphatic carboxylic acids is 1.